The monoisotopic (exact) mass is 172 g/mol. The van der Waals surface area contributed by atoms with Crippen molar-refractivity contribution in [1.82, 2.24) is 9.97 Å². The molecule has 64 valence electrons. The minimum absolute atomic E-state index is 0.757. The number of aromatic nitrogens is 2. The first kappa shape index (κ1) is 6.83. The third kappa shape index (κ3) is 0.900. The van der Waals surface area contributed by atoms with Crippen molar-refractivity contribution in [3.63, 3.8) is 0 Å². The zero-order chi connectivity index (χ0) is 8.67. The van der Waals surface area contributed by atoms with Gasteiger partial charge < -0.3 is 4.74 Å². The first-order valence-electron chi connectivity index (χ1n) is 4.30. The number of pyridine rings is 2. The van der Waals surface area contributed by atoms with Crippen molar-refractivity contribution in [2.75, 3.05) is 6.61 Å². The second-order valence-corrected chi connectivity index (χ2v) is 3.07. The maximum Gasteiger partial charge on any atom is 0.143 e. The maximum absolute atomic E-state index is 5.40. The first-order valence-corrected chi connectivity index (χ1v) is 4.30. The molecule has 1 aliphatic rings. The van der Waals surface area contributed by atoms with E-state index in [9.17, 15) is 0 Å². The van der Waals surface area contributed by atoms with Gasteiger partial charge in [-0.1, -0.05) is 0 Å². The van der Waals surface area contributed by atoms with E-state index in [0.717, 1.165) is 29.8 Å². The van der Waals surface area contributed by atoms with Crippen LogP contribution in [0.3, 0.4) is 0 Å². The van der Waals surface area contributed by atoms with Gasteiger partial charge in [0.25, 0.3) is 0 Å². The van der Waals surface area contributed by atoms with E-state index in [4.69, 9.17) is 4.74 Å². The molecule has 0 fully saturated rings. The summed E-state index contributed by atoms with van der Waals surface area (Å²) < 4.78 is 5.40. The fourth-order valence-electron chi connectivity index (χ4n) is 1.69. The molecule has 0 atom stereocenters. The van der Waals surface area contributed by atoms with E-state index < -0.39 is 0 Å². The molecule has 2 aromatic heterocycles. The molecular weight excluding hydrogens is 164 g/mol. The van der Waals surface area contributed by atoms with Gasteiger partial charge in [0.15, 0.2) is 0 Å². The Bertz CT molecular complexity index is 467. The van der Waals surface area contributed by atoms with Gasteiger partial charge in [0, 0.05) is 18.2 Å². The summed E-state index contributed by atoms with van der Waals surface area (Å²) in [5.74, 6) is 0.895. The summed E-state index contributed by atoms with van der Waals surface area (Å²) in [7, 11) is 0. The summed E-state index contributed by atoms with van der Waals surface area (Å²) in [5, 5.41) is 0. The number of hydrogen-bond acceptors (Lipinski definition) is 3. The zero-order valence-corrected chi connectivity index (χ0v) is 7.03. The Morgan fingerprint density at radius 3 is 3.31 bits per heavy atom. The SMILES string of the molecule is c1cnc2c3c(cnc2c1)OCC3. The molecule has 3 rings (SSSR count). The molecule has 0 aromatic carbocycles. The second-order valence-electron chi connectivity index (χ2n) is 3.07. The van der Waals surface area contributed by atoms with Gasteiger partial charge in [-0.2, -0.15) is 0 Å². The van der Waals surface area contributed by atoms with Crippen molar-refractivity contribution in [1.29, 1.82) is 0 Å². The lowest BCUT2D eigenvalue weighted by molar-refractivity contribution is 0.356. The predicted molar refractivity (Wildman–Crippen MR) is 48.7 cm³/mol. The molecule has 0 radical (unpaired) electrons. The molecule has 0 amide bonds. The number of nitrogens with zero attached hydrogens (tertiary/aromatic N) is 2. The van der Waals surface area contributed by atoms with Crippen LogP contribution in [-0.4, -0.2) is 16.6 Å². The van der Waals surface area contributed by atoms with E-state index in [1.807, 2.05) is 12.1 Å². The number of rotatable bonds is 0. The molecule has 0 unspecified atom stereocenters. The maximum atomic E-state index is 5.40. The Morgan fingerprint density at radius 2 is 2.31 bits per heavy atom. The van der Waals surface area contributed by atoms with Gasteiger partial charge in [-0.05, 0) is 12.1 Å². The highest BCUT2D eigenvalue weighted by atomic mass is 16.5. The van der Waals surface area contributed by atoms with Crippen LogP contribution in [0.2, 0.25) is 0 Å². The van der Waals surface area contributed by atoms with Crippen LogP contribution in [-0.2, 0) is 6.42 Å². The first-order chi connectivity index (χ1) is 6.45. The van der Waals surface area contributed by atoms with Crippen LogP contribution in [0.25, 0.3) is 11.0 Å². The molecule has 0 aliphatic carbocycles. The molecule has 0 spiro atoms. The van der Waals surface area contributed by atoms with Crippen LogP contribution in [0.5, 0.6) is 5.75 Å². The molecule has 0 N–H and O–H groups in total. The van der Waals surface area contributed by atoms with Gasteiger partial charge in [0.1, 0.15) is 5.75 Å². The highest BCUT2D eigenvalue weighted by molar-refractivity contribution is 5.80. The number of hydrogen-bond donors (Lipinski definition) is 0. The lowest BCUT2D eigenvalue weighted by Crippen LogP contribution is -1.87. The van der Waals surface area contributed by atoms with Gasteiger partial charge in [0.05, 0.1) is 23.8 Å². The summed E-state index contributed by atoms with van der Waals surface area (Å²) in [5.41, 5.74) is 3.13. The van der Waals surface area contributed by atoms with Crippen molar-refractivity contribution in [2.45, 2.75) is 6.42 Å². The third-order valence-corrected chi connectivity index (χ3v) is 2.30. The summed E-state index contributed by atoms with van der Waals surface area (Å²) >= 11 is 0. The van der Waals surface area contributed by atoms with E-state index in [1.54, 1.807) is 12.4 Å². The fourth-order valence-corrected chi connectivity index (χ4v) is 1.69. The molecule has 0 bridgehead atoms. The van der Waals surface area contributed by atoms with Crippen LogP contribution in [0.15, 0.2) is 24.5 Å². The average molecular weight is 172 g/mol. The topological polar surface area (TPSA) is 35.0 Å². The van der Waals surface area contributed by atoms with E-state index >= 15 is 0 Å². The van der Waals surface area contributed by atoms with Gasteiger partial charge in [-0.15, -0.1) is 0 Å². The van der Waals surface area contributed by atoms with E-state index in [0.29, 0.717) is 0 Å². The quantitative estimate of drug-likeness (QED) is 0.605. The Labute approximate surface area is 75.4 Å². The zero-order valence-electron chi connectivity index (χ0n) is 7.03. The highest BCUT2D eigenvalue weighted by Crippen LogP contribution is 2.28. The van der Waals surface area contributed by atoms with Crippen LogP contribution in [0, 0.1) is 0 Å². The van der Waals surface area contributed by atoms with Crippen molar-refractivity contribution in [2.24, 2.45) is 0 Å². The second kappa shape index (κ2) is 2.42. The van der Waals surface area contributed by atoms with Gasteiger partial charge in [-0.3, -0.25) is 9.97 Å². The fraction of sp³-hybridized carbons (Fsp3) is 0.200. The molecule has 2 aromatic rings. The summed E-state index contributed by atoms with van der Waals surface area (Å²) in [6.07, 6.45) is 4.53. The molecule has 13 heavy (non-hydrogen) atoms. The van der Waals surface area contributed by atoms with Crippen LogP contribution >= 0.6 is 0 Å². The van der Waals surface area contributed by atoms with Crippen molar-refractivity contribution >= 4 is 11.0 Å². The number of fused-ring (bicyclic) bond motifs is 3. The third-order valence-electron chi connectivity index (χ3n) is 2.30. The molecule has 1 aliphatic heterocycles. The molecule has 3 heteroatoms. The average Bonchev–Trinajstić information content (AvgIpc) is 2.65. The normalized spacial score (nSPS) is 14.2. The van der Waals surface area contributed by atoms with Gasteiger partial charge in [0.2, 0.25) is 0 Å². The largest absolute Gasteiger partial charge is 0.491 e. The molecule has 3 nitrogen and oxygen atoms in total. The molecule has 0 saturated carbocycles. The lowest BCUT2D eigenvalue weighted by atomic mass is 10.1. The van der Waals surface area contributed by atoms with Gasteiger partial charge in [-0.25, -0.2) is 0 Å². The van der Waals surface area contributed by atoms with E-state index in [1.165, 1.54) is 5.56 Å². The standard InChI is InChI=1S/C10H8N2O/c1-2-8-10(11-4-1)7-3-5-13-9(7)6-12-8/h1-2,4,6H,3,5H2. The Kier molecular flexibility index (Phi) is 1.27. The molecule has 3 heterocycles. The molecule has 0 saturated heterocycles. The minimum atomic E-state index is 0.757. The molecular formula is C10H8N2O. The minimum Gasteiger partial charge on any atom is -0.491 e. The van der Waals surface area contributed by atoms with E-state index in [-0.39, 0.29) is 0 Å². The Morgan fingerprint density at radius 1 is 1.31 bits per heavy atom. The van der Waals surface area contributed by atoms with E-state index in [2.05, 4.69) is 9.97 Å². The lowest BCUT2D eigenvalue weighted by Gasteiger charge is -2.00. The van der Waals surface area contributed by atoms with Gasteiger partial charge >= 0.3 is 0 Å². The van der Waals surface area contributed by atoms with Crippen LogP contribution in [0.4, 0.5) is 0 Å². The number of ether oxygens (including phenoxy) is 1. The predicted octanol–water partition coefficient (Wildman–Crippen LogP) is 1.56. The Hall–Kier alpha value is -1.64. The summed E-state index contributed by atoms with van der Waals surface area (Å²) in [4.78, 5) is 8.58. The van der Waals surface area contributed by atoms with Crippen LogP contribution < -0.4 is 4.74 Å². The van der Waals surface area contributed by atoms with Crippen LogP contribution in [0.1, 0.15) is 5.56 Å². The Balaban J connectivity index is 2.43. The summed E-state index contributed by atoms with van der Waals surface area (Å²) in [6.45, 7) is 0.757. The summed E-state index contributed by atoms with van der Waals surface area (Å²) in [6, 6.07) is 3.87. The van der Waals surface area contributed by atoms with Crippen molar-refractivity contribution in [3.05, 3.63) is 30.1 Å². The van der Waals surface area contributed by atoms with Crippen molar-refractivity contribution in [3.8, 4) is 5.75 Å². The van der Waals surface area contributed by atoms with Crippen molar-refractivity contribution < 1.29 is 4.74 Å². The smallest absolute Gasteiger partial charge is 0.143 e. The highest BCUT2D eigenvalue weighted by Gasteiger charge is 2.16.